The van der Waals surface area contributed by atoms with Crippen LogP contribution < -0.4 is 10.5 Å². The van der Waals surface area contributed by atoms with Crippen LogP contribution in [0.1, 0.15) is 12.8 Å². The first-order valence-corrected chi connectivity index (χ1v) is 8.09. The number of hydrogen-bond acceptors (Lipinski definition) is 5. The number of ether oxygens (including phenoxy) is 1. The first-order valence-electron chi connectivity index (χ1n) is 6.65. The van der Waals surface area contributed by atoms with Gasteiger partial charge >= 0.3 is 0 Å². The van der Waals surface area contributed by atoms with E-state index in [1.54, 1.807) is 0 Å². The molecule has 0 amide bonds. The van der Waals surface area contributed by atoms with Crippen LogP contribution in [-0.4, -0.2) is 43.9 Å². The third-order valence-electron chi connectivity index (χ3n) is 3.23. The zero-order valence-corrected chi connectivity index (χ0v) is 12.4. The highest BCUT2D eigenvalue weighted by atomic mass is 32.2. The van der Waals surface area contributed by atoms with Crippen LogP contribution in [0, 0.1) is 0 Å². The third kappa shape index (κ3) is 3.78. The SMILES string of the molecule is NC/C(=C\F)COc1ccc(S(=O)(=O)N2CCCC2)cn1. The molecule has 0 saturated carbocycles. The molecule has 0 spiro atoms. The number of nitrogens with two attached hydrogens (primary N) is 1. The maximum absolute atomic E-state index is 12.3. The zero-order chi connectivity index (χ0) is 15.3. The number of aromatic nitrogens is 1. The van der Waals surface area contributed by atoms with E-state index in [0.717, 1.165) is 12.8 Å². The van der Waals surface area contributed by atoms with E-state index in [1.807, 2.05) is 0 Å². The van der Waals surface area contributed by atoms with Crippen LogP contribution in [0.15, 0.2) is 35.1 Å². The van der Waals surface area contributed by atoms with E-state index in [-0.39, 0.29) is 23.9 Å². The van der Waals surface area contributed by atoms with Gasteiger partial charge in [0, 0.05) is 31.3 Å². The van der Waals surface area contributed by atoms with Crippen molar-refractivity contribution < 1.29 is 17.5 Å². The molecule has 21 heavy (non-hydrogen) atoms. The Morgan fingerprint density at radius 2 is 2.14 bits per heavy atom. The monoisotopic (exact) mass is 315 g/mol. The molecule has 2 rings (SSSR count). The Morgan fingerprint density at radius 1 is 1.43 bits per heavy atom. The van der Waals surface area contributed by atoms with Crippen LogP contribution in [0.25, 0.3) is 0 Å². The van der Waals surface area contributed by atoms with Gasteiger partial charge in [-0.25, -0.2) is 17.8 Å². The van der Waals surface area contributed by atoms with Gasteiger partial charge in [0.1, 0.15) is 11.5 Å². The highest BCUT2D eigenvalue weighted by molar-refractivity contribution is 7.89. The molecule has 8 heteroatoms. The molecule has 1 aliphatic rings. The van der Waals surface area contributed by atoms with Crippen molar-refractivity contribution in [3.8, 4) is 5.88 Å². The van der Waals surface area contributed by atoms with Crippen molar-refractivity contribution in [2.75, 3.05) is 26.2 Å². The molecule has 1 fully saturated rings. The van der Waals surface area contributed by atoms with Crippen LogP contribution >= 0.6 is 0 Å². The third-order valence-corrected chi connectivity index (χ3v) is 5.12. The Kier molecular flexibility index (Phi) is 5.27. The number of hydrogen-bond donors (Lipinski definition) is 1. The van der Waals surface area contributed by atoms with E-state index in [0.29, 0.717) is 25.0 Å². The maximum Gasteiger partial charge on any atom is 0.244 e. The summed E-state index contributed by atoms with van der Waals surface area (Å²) in [6, 6.07) is 2.90. The fourth-order valence-corrected chi connectivity index (χ4v) is 3.45. The van der Waals surface area contributed by atoms with Crippen LogP contribution in [0.3, 0.4) is 0 Å². The minimum atomic E-state index is -3.47. The Labute approximate surface area is 123 Å². The van der Waals surface area contributed by atoms with Crippen LogP contribution in [-0.2, 0) is 10.0 Å². The minimum absolute atomic E-state index is 0.0157. The average Bonchev–Trinajstić information content (AvgIpc) is 3.04. The summed E-state index contributed by atoms with van der Waals surface area (Å²) >= 11 is 0. The normalized spacial score (nSPS) is 17.1. The Morgan fingerprint density at radius 3 is 2.67 bits per heavy atom. The molecule has 116 valence electrons. The summed E-state index contributed by atoms with van der Waals surface area (Å²) in [6.07, 6.45) is 3.41. The fraction of sp³-hybridized carbons (Fsp3) is 0.462. The molecule has 0 unspecified atom stereocenters. The van der Waals surface area contributed by atoms with Crippen molar-refractivity contribution in [2.24, 2.45) is 5.73 Å². The van der Waals surface area contributed by atoms with Crippen LogP contribution in [0.2, 0.25) is 0 Å². The lowest BCUT2D eigenvalue weighted by Gasteiger charge is -2.15. The van der Waals surface area contributed by atoms with Gasteiger partial charge in [-0.05, 0) is 18.9 Å². The Hall–Kier alpha value is -1.51. The van der Waals surface area contributed by atoms with E-state index in [2.05, 4.69) is 4.98 Å². The van der Waals surface area contributed by atoms with E-state index in [4.69, 9.17) is 10.5 Å². The predicted octanol–water partition coefficient (Wildman–Crippen LogP) is 1.06. The van der Waals surface area contributed by atoms with Crippen molar-refractivity contribution >= 4 is 10.0 Å². The zero-order valence-electron chi connectivity index (χ0n) is 11.5. The molecule has 0 bridgehead atoms. The molecular weight excluding hydrogens is 297 g/mol. The van der Waals surface area contributed by atoms with Crippen LogP contribution in [0.4, 0.5) is 4.39 Å². The topological polar surface area (TPSA) is 85.5 Å². The largest absolute Gasteiger partial charge is 0.473 e. The van der Waals surface area contributed by atoms with E-state index in [1.165, 1.54) is 22.6 Å². The van der Waals surface area contributed by atoms with Gasteiger partial charge in [-0.3, -0.25) is 0 Å². The van der Waals surface area contributed by atoms with Gasteiger partial charge < -0.3 is 10.5 Å². The molecule has 0 aromatic carbocycles. The summed E-state index contributed by atoms with van der Waals surface area (Å²) in [5, 5.41) is 0. The molecule has 0 radical (unpaired) electrons. The van der Waals surface area contributed by atoms with Gasteiger partial charge in [0.2, 0.25) is 15.9 Å². The predicted molar refractivity (Wildman–Crippen MR) is 76.0 cm³/mol. The molecular formula is C13H18FN3O3S. The van der Waals surface area contributed by atoms with Crippen molar-refractivity contribution in [3.05, 3.63) is 30.2 Å². The highest BCUT2D eigenvalue weighted by Crippen LogP contribution is 2.21. The number of pyridine rings is 1. The quantitative estimate of drug-likeness (QED) is 0.848. The van der Waals surface area contributed by atoms with Crippen molar-refractivity contribution in [3.63, 3.8) is 0 Å². The standard InChI is InChI=1S/C13H18FN3O3S/c14-7-11(8-15)10-20-13-4-3-12(9-16-13)21(18,19)17-5-1-2-6-17/h3-4,7,9H,1-2,5-6,8,10,15H2/b11-7+. The van der Waals surface area contributed by atoms with E-state index >= 15 is 0 Å². The lowest BCUT2D eigenvalue weighted by Crippen LogP contribution is -2.27. The van der Waals surface area contributed by atoms with Gasteiger partial charge in [0.05, 0.1) is 12.5 Å². The Balaban J connectivity index is 2.05. The molecule has 2 N–H and O–H groups in total. The van der Waals surface area contributed by atoms with Gasteiger partial charge in [-0.2, -0.15) is 4.31 Å². The number of nitrogens with zero attached hydrogens (tertiary/aromatic N) is 2. The molecule has 1 aromatic rings. The molecule has 0 atom stereocenters. The summed E-state index contributed by atoms with van der Waals surface area (Å²) in [5.41, 5.74) is 5.60. The van der Waals surface area contributed by atoms with E-state index in [9.17, 15) is 12.8 Å². The lowest BCUT2D eigenvalue weighted by atomic mass is 10.3. The van der Waals surface area contributed by atoms with Crippen LogP contribution in [0.5, 0.6) is 5.88 Å². The second-order valence-electron chi connectivity index (χ2n) is 4.70. The molecule has 1 aromatic heterocycles. The molecule has 1 aliphatic heterocycles. The summed E-state index contributed by atoms with van der Waals surface area (Å²) in [4.78, 5) is 4.07. The van der Waals surface area contributed by atoms with Crippen molar-refractivity contribution in [2.45, 2.75) is 17.7 Å². The summed E-state index contributed by atoms with van der Waals surface area (Å²) in [5.74, 6) is 0.225. The first kappa shape index (κ1) is 15.9. The lowest BCUT2D eigenvalue weighted by molar-refractivity contribution is 0.333. The summed E-state index contributed by atoms with van der Waals surface area (Å²) in [6.45, 7) is 1.12. The van der Waals surface area contributed by atoms with Gasteiger partial charge in [0.15, 0.2) is 0 Å². The highest BCUT2D eigenvalue weighted by Gasteiger charge is 2.27. The smallest absolute Gasteiger partial charge is 0.244 e. The van der Waals surface area contributed by atoms with Crippen molar-refractivity contribution in [1.82, 2.24) is 9.29 Å². The molecule has 0 aliphatic carbocycles. The Bertz CT molecular complexity index is 596. The summed E-state index contributed by atoms with van der Waals surface area (Å²) < 4.78 is 43.6. The minimum Gasteiger partial charge on any atom is -0.473 e. The molecule has 6 nitrogen and oxygen atoms in total. The first-order chi connectivity index (χ1) is 10.1. The maximum atomic E-state index is 12.3. The number of halogens is 1. The molecule has 1 saturated heterocycles. The fourth-order valence-electron chi connectivity index (χ4n) is 1.98. The number of rotatable bonds is 6. The van der Waals surface area contributed by atoms with Gasteiger partial charge in [0.25, 0.3) is 0 Å². The van der Waals surface area contributed by atoms with Gasteiger partial charge in [-0.15, -0.1) is 0 Å². The van der Waals surface area contributed by atoms with Crippen molar-refractivity contribution in [1.29, 1.82) is 0 Å². The van der Waals surface area contributed by atoms with E-state index < -0.39 is 10.0 Å². The second-order valence-corrected chi connectivity index (χ2v) is 6.64. The van der Waals surface area contributed by atoms with Gasteiger partial charge in [-0.1, -0.05) is 0 Å². The molecule has 2 heterocycles. The number of sulfonamides is 1. The average molecular weight is 315 g/mol. The summed E-state index contributed by atoms with van der Waals surface area (Å²) in [7, 11) is -3.47. The second kappa shape index (κ2) is 6.97.